The van der Waals surface area contributed by atoms with Gasteiger partial charge in [-0.25, -0.2) is 9.97 Å². The summed E-state index contributed by atoms with van der Waals surface area (Å²) in [6, 6.07) is 20.4. The number of ether oxygens (including phenoxy) is 1. The third kappa shape index (κ3) is 5.97. The van der Waals surface area contributed by atoms with Gasteiger partial charge >= 0.3 is 0 Å². The molecule has 0 spiro atoms. The normalized spacial score (nSPS) is 14.3. The summed E-state index contributed by atoms with van der Waals surface area (Å²) in [5, 5.41) is 3.50. The topological polar surface area (TPSA) is 65.9 Å². The van der Waals surface area contributed by atoms with Crippen molar-refractivity contribution in [1.29, 1.82) is 0 Å². The molecule has 1 aromatic heterocycles. The highest BCUT2D eigenvalue weighted by Gasteiger charge is 2.20. The molecule has 7 heteroatoms. The van der Waals surface area contributed by atoms with Crippen molar-refractivity contribution in [2.45, 2.75) is 13.0 Å². The fraction of sp³-hybridized carbons (Fsp3) is 0.320. The monoisotopic (exact) mass is 430 g/mol. The number of nitrogens with one attached hydrogen (secondary N) is 1. The Balaban J connectivity index is 1.19. The van der Waals surface area contributed by atoms with Gasteiger partial charge in [0, 0.05) is 52.2 Å². The highest BCUT2D eigenvalue weighted by molar-refractivity contribution is 5.80. The molecule has 1 fully saturated rings. The molecule has 1 aliphatic heterocycles. The lowest BCUT2D eigenvalue weighted by atomic mass is 10.1. The minimum Gasteiger partial charge on any atom is -0.489 e. The fourth-order valence-electron chi connectivity index (χ4n) is 3.72. The minimum atomic E-state index is 0.585. The number of aliphatic imine (C=N–C) groups is 1. The van der Waals surface area contributed by atoms with E-state index in [9.17, 15) is 0 Å². The van der Waals surface area contributed by atoms with Crippen LogP contribution in [-0.4, -0.2) is 60.6 Å². The van der Waals surface area contributed by atoms with Crippen molar-refractivity contribution in [3.05, 3.63) is 84.2 Å². The van der Waals surface area contributed by atoms with Gasteiger partial charge in [-0.2, -0.15) is 0 Å². The first kappa shape index (κ1) is 21.6. The maximum atomic E-state index is 5.87. The van der Waals surface area contributed by atoms with Gasteiger partial charge < -0.3 is 19.9 Å². The van der Waals surface area contributed by atoms with Crippen LogP contribution in [0, 0.1) is 0 Å². The van der Waals surface area contributed by atoms with E-state index >= 15 is 0 Å². The first-order valence-corrected chi connectivity index (χ1v) is 11.0. The van der Waals surface area contributed by atoms with Crippen LogP contribution in [0.5, 0.6) is 5.75 Å². The van der Waals surface area contributed by atoms with E-state index in [1.807, 2.05) is 43.4 Å². The van der Waals surface area contributed by atoms with Gasteiger partial charge in [0.1, 0.15) is 12.4 Å². The molecule has 4 rings (SSSR count). The van der Waals surface area contributed by atoms with Crippen LogP contribution in [0.15, 0.2) is 78.0 Å². The van der Waals surface area contributed by atoms with Crippen molar-refractivity contribution >= 4 is 11.9 Å². The van der Waals surface area contributed by atoms with Crippen molar-refractivity contribution in [3.8, 4) is 5.75 Å². The summed E-state index contributed by atoms with van der Waals surface area (Å²) in [7, 11) is 1.84. The van der Waals surface area contributed by atoms with Crippen LogP contribution in [0.25, 0.3) is 0 Å². The van der Waals surface area contributed by atoms with Crippen molar-refractivity contribution in [3.63, 3.8) is 0 Å². The molecule has 1 saturated heterocycles. The lowest BCUT2D eigenvalue weighted by molar-refractivity contribution is 0.306. The summed E-state index contributed by atoms with van der Waals surface area (Å²) in [5.74, 6) is 2.63. The van der Waals surface area contributed by atoms with E-state index in [0.717, 1.165) is 56.8 Å². The summed E-state index contributed by atoms with van der Waals surface area (Å²) < 4.78 is 5.87. The average Bonchev–Trinajstić information content (AvgIpc) is 2.87. The number of guanidine groups is 1. The zero-order valence-corrected chi connectivity index (χ0v) is 18.5. The molecular weight excluding hydrogens is 400 g/mol. The first-order chi connectivity index (χ1) is 15.8. The summed E-state index contributed by atoms with van der Waals surface area (Å²) >= 11 is 0. The Morgan fingerprint density at radius 3 is 2.31 bits per heavy atom. The quantitative estimate of drug-likeness (QED) is 0.459. The Morgan fingerprint density at radius 1 is 0.906 bits per heavy atom. The zero-order valence-electron chi connectivity index (χ0n) is 18.5. The first-order valence-electron chi connectivity index (χ1n) is 11.0. The van der Waals surface area contributed by atoms with Crippen molar-refractivity contribution in [2.24, 2.45) is 4.99 Å². The Morgan fingerprint density at radius 2 is 1.62 bits per heavy atom. The largest absolute Gasteiger partial charge is 0.489 e. The van der Waals surface area contributed by atoms with Gasteiger partial charge in [-0.1, -0.05) is 42.5 Å². The lowest BCUT2D eigenvalue weighted by Crippen LogP contribution is -2.53. The van der Waals surface area contributed by atoms with Crippen LogP contribution in [0.3, 0.4) is 0 Å². The number of aromatic nitrogens is 2. The van der Waals surface area contributed by atoms with Crippen molar-refractivity contribution in [1.82, 2.24) is 20.2 Å². The van der Waals surface area contributed by atoms with E-state index < -0.39 is 0 Å². The molecule has 0 saturated carbocycles. The molecule has 1 N–H and O–H groups in total. The maximum Gasteiger partial charge on any atom is 0.225 e. The van der Waals surface area contributed by atoms with Crippen LogP contribution in [0.4, 0.5) is 5.95 Å². The molecule has 0 atom stereocenters. The smallest absolute Gasteiger partial charge is 0.225 e. The molecule has 3 aromatic rings. The summed E-state index contributed by atoms with van der Waals surface area (Å²) in [5.41, 5.74) is 2.44. The third-order valence-electron chi connectivity index (χ3n) is 5.49. The van der Waals surface area contributed by atoms with Crippen LogP contribution >= 0.6 is 0 Å². The molecule has 166 valence electrons. The standard InChI is InChI=1S/C25H30N6O/c1-26-24(30-16-18-31(19-17-30)25-27-13-5-14-28-25)29-15-12-21-8-10-23(11-9-21)32-20-22-6-3-2-4-7-22/h2-11,13-14H,12,15-20H2,1H3,(H,26,29). The van der Waals surface area contributed by atoms with Gasteiger partial charge in [-0.3, -0.25) is 4.99 Å². The molecule has 0 amide bonds. The van der Waals surface area contributed by atoms with E-state index in [2.05, 4.69) is 54.3 Å². The Labute approximate surface area is 189 Å². The molecule has 7 nitrogen and oxygen atoms in total. The average molecular weight is 431 g/mol. The van der Waals surface area contributed by atoms with Crippen LogP contribution in [0.2, 0.25) is 0 Å². The molecule has 0 bridgehead atoms. The number of hydrogen-bond donors (Lipinski definition) is 1. The summed E-state index contributed by atoms with van der Waals surface area (Å²) in [4.78, 5) is 17.7. The van der Waals surface area contributed by atoms with Crippen LogP contribution in [-0.2, 0) is 13.0 Å². The van der Waals surface area contributed by atoms with E-state index in [0.29, 0.717) is 6.61 Å². The second kappa shape index (κ2) is 11.1. The lowest BCUT2D eigenvalue weighted by Gasteiger charge is -2.36. The van der Waals surface area contributed by atoms with Gasteiger partial charge in [-0.05, 0) is 35.7 Å². The number of hydrogen-bond acceptors (Lipinski definition) is 5. The molecule has 2 heterocycles. The molecule has 2 aromatic carbocycles. The molecule has 0 aliphatic carbocycles. The molecule has 32 heavy (non-hydrogen) atoms. The van der Waals surface area contributed by atoms with Crippen LogP contribution in [0.1, 0.15) is 11.1 Å². The Hall–Kier alpha value is -3.61. The van der Waals surface area contributed by atoms with E-state index in [1.54, 1.807) is 12.4 Å². The van der Waals surface area contributed by atoms with Gasteiger partial charge in [-0.15, -0.1) is 0 Å². The second-order valence-electron chi connectivity index (χ2n) is 7.67. The number of benzene rings is 2. The predicted molar refractivity (Wildman–Crippen MR) is 128 cm³/mol. The second-order valence-corrected chi connectivity index (χ2v) is 7.67. The summed E-state index contributed by atoms with van der Waals surface area (Å²) in [6.07, 6.45) is 4.50. The Kier molecular flexibility index (Phi) is 7.52. The predicted octanol–water partition coefficient (Wildman–Crippen LogP) is 3.00. The Bertz CT molecular complexity index is 970. The van der Waals surface area contributed by atoms with Crippen molar-refractivity contribution in [2.75, 3.05) is 44.7 Å². The molecule has 1 aliphatic rings. The summed E-state index contributed by atoms with van der Waals surface area (Å²) in [6.45, 7) is 4.97. The fourth-order valence-corrected chi connectivity index (χ4v) is 3.72. The number of anilines is 1. The number of rotatable bonds is 7. The molecular formula is C25H30N6O. The van der Waals surface area contributed by atoms with E-state index in [1.165, 1.54) is 11.1 Å². The van der Waals surface area contributed by atoms with E-state index in [4.69, 9.17) is 4.74 Å². The molecule has 0 unspecified atom stereocenters. The van der Waals surface area contributed by atoms with Crippen LogP contribution < -0.4 is 15.0 Å². The SMILES string of the molecule is CN=C(NCCc1ccc(OCc2ccccc2)cc1)N1CCN(c2ncccn2)CC1. The van der Waals surface area contributed by atoms with Gasteiger partial charge in [0.2, 0.25) is 5.95 Å². The van der Waals surface area contributed by atoms with Gasteiger partial charge in [0.25, 0.3) is 0 Å². The van der Waals surface area contributed by atoms with E-state index in [-0.39, 0.29) is 0 Å². The van der Waals surface area contributed by atoms with Crippen molar-refractivity contribution < 1.29 is 4.74 Å². The zero-order chi connectivity index (χ0) is 22.0. The number of piperazine rings is 1. The minimum absolute atomic E-state index is 0.585. The molecule has 0 radical (unpaired) electrons. The number of nitrogens with zero attached hydrogens (tertiary/aromatic N) is 5. The third-order valence-corrected chi connectivity index (χ3v) is 5.49. The van der Waals surface area contributed by atoms with Gasteiger partial charge in [0.15, 0.2) is 5.96 Å². The maximum absolute atomic E-state index is 5.87. The highest BCUT2D eigenvalue weighted by Crippen LogP contribution is 2.15. The highest BCUT2D eigenvalue weighted by atomic mass is 16.5. The van der Waals surface area contributed by atoms with Gasteiger partial charge in [0.05, 0.1) is 0 Å².